The summed E-state index contributed by atoms with van der Waals surface area (Å²) in [6.07, 6.45) is 1.33. The molecule has 0 saturated heterocycles. The molecule has 0 radical (unpaired) electrons. The van der Waals surface area contributed by atoms with Gasteiger partial charge in [0.2, 0.25) is 5.88 Å². The normalized spacial score (nSPS) is 11.5. The Morgan fingerprint density at radius 1 is 1.06 bits per heavy atom. The molecule has 160 valence electrons. The second-order valence-electron chi connectivity index (χ2n) is 6.79. The van der Waals surface area contributed by atoms with Gasteiger partial charge in [-0.25, -0.2) is 9.97 Å². The van der Waals surface area contributed by atoms with Crippen LogP contribution in [0.4, 0.5) is 0 Å². The Labute approximate surface area is 179 Å². The van der Waals surface area contributed by atoms with Crippen LogP contribution in [0.1, 0.15) is 34.1 Å². The number of carbonyl (C=O) groups excluding carboxylic acids is 1. The molecule has 1 aromatic carbocycles. The van der Waals surface area contributed by atoms with Gasteiger partial charge in [0.25, 0.3) is 5.91 Å². The van der Waals surface area contributed by atoms with Crippen molar-refractivity contribution < 1.29 is 24.2 Å². The first-order valence-corrected chi connectivity index (χ1v) is 9.57. The van der Waals surface area contributed by atoms with E-state index in [2.05, 4.69) is 15.3 Å². The molecule has 3 rings (SSSR count). The lowest BCUT2D eigenvalue weighted by atomic mass is 9.98. The minimum atomic E-state index is -1.02. The van der Waals surface area contributed by atoms with Gasteiger partial charge in [-0.2, -0.15) is 0 Å². The van der Waals surface area contributed by atoms with Crippen LogP contribution in [0.2, 0.25) is 0 Å². The van der Waals surface area contributed by atoms with Crippen molar-refractivity contribution in [3.63, 3.8) is 0 Å². The van der Waals surface area contributed by atoms with Crippen LogP contribution in [0, 0.1) is 6.92 Å². The van der Waals surface area contributed by atoms with Crippen LogP contribution < -0.4 is 14.8 Å². The number of amides is 1. The number of aromatic nitrogens is 2. The van der Waals surface area contributed by atoms with Gasteiger partial charge in [0.15, 0.2) is 0 Å². The summed E-state index contributed by atoms with van der Waals surface area (Å²) in [5.41, 5.74) is 2.70. The molecule has 0 aliphatic rings. The fraction of sp³-hybridized carbons (Fsp3) is 0.217. The molecule has 0 saturated carbocycles. The third-order valence-corrected chi connectivity index (χ3v) is 4.78. The molecule has 0 spiro atoms. The molecule has 0 unspecified atom stereocenters. The maximum atomic E-state index is 13.0. The molecule has 2 N–H and O–H groups in total. The highest BCUT2D eigenvalue weighted by Gasteiger charge is 2.22. The first-order chi connectivity index (χ1) is 14.9. The predicted molar refractivity (Wildman–Crippen MR) is 114 cm³/mol. The molecule has 3 aromatic rings. The van der Waals surface area contributed by atoms with Crippen molar-refractivity contribution in [3.8, 4) is 22.9 Å². The number of carboxylic acid groups (broad SMARTS) is 1. The number of hydrogen-bond acceptors (Lipinski definition) is 6. The maximum absolute atomic E-state index is 13.0. The third kappa shape index (κ3) is 4.98. The van der Waals surface area contributed by atoms with Crippen LogP contribution in [0.15, 0.2) is 54.7 Å². The Hall–Kier alpha value is -3.94. The molecule has 8 nitrogen and oxygen atoms in total. The van der Waals surface area contributed by atoms with Crippen LogP contribution in [0.5, 0.6) is 11.6 Å². The third-order valence-electron chi connectivity index (χ3n) is 4.78. The number of aryl methyl sites for hydroxylation is 1. The van der Waals surface area contributed by atoms with E-state index >= 15 is 0 Å². The fourth-order valence-electron chi connectivity index (χ4n) is 3.29. The molecule has 31 heavy (non-hydrogen) atoms. The standard InChI is InChI=1S/C23H23N3O5/c1-14-7-4-5-8-15(14)18(13-20(27)28)26-22(29)17-10-11-19(30-2)21(25-17)16-9-6-12-24-23(16)31-3/h4-12,18H,13H2,1-3H3,(H,26,29)(H,27,28)/t18-/m0/s1. The van der Waals surface area contributed by atoms with Crippen molar-refractivity contribution in [2.45, 2.75) is 19.4 Å². The zero-order chi connectivity index (χ0) is 22.4. The molecule has 0 fully saturated rings. The van der Waals surface area contributed by atoms with Crippen molar-refractivity contribution in [1.29, 1.82) is 0 Å². The van der Waals surface area contributed by atoms with Crippen molar-refractivity contribution in [2.75, 3.05) is 14.2 Å². The second kappa shape index (κ2) is 9.71. The Bertz CT molecular complexity index is 1100. The molecule has 1 atom stereocenters. The van der Waals surface area contributed by atoms with Gasteiger partial charge in [-0.3, -0.25) is 9.59 Å². The van der Waals surface area contributed by atoms with Crippen LogP contribution >= 0.6 is 0 Å². The lowest BCUT2D eigenvalue weighted by molar-refractivity contribution is -0.137. The van der Waals surface area contributed by atoms with E-state index in [0.717, 1.165) is 11.1 Å². The summed E-state index contributed by atoms with van der Waals surface area (Å²) in [6, 6.07) is 13.3. The number of rotatable bonds is 8. The number of carboxylic acids is 1. The number of hydrogen-bond donors (Lipinski definition) is 2. The van der Waals surface area contributed by atoms with E-state index in [9.17, 15) is 14.7 Å². The van der Waals surface area contributed by atoms with Crippen LogP contribution in [0.3, 0.4) is 0 Å². The number of nitrogens with one attached hydrogen (secondary N) is 1. The van der Waals surface area contributed by atoms with Crippen LogP contribution in [-0.4, -0.2) is 41.2 Å². The van der Waals surface area contributed by atoms with E-state index in [1.54, 1.807) is 30.5 Å². The van der Waals surface area contributed by atoms with Crippen LogP contribution in [-0.2, 0) is 4.79 Å². The summed E-state index contributed by atoms with van der Waals surface area (Å²) < 4.78 is 10.7. The number of ether oxygens (including phenoxy) is 2. The van der Waals surface area contributed by atoms with Crippen molar-refractivity contribution >= 4 is 11.9 Å². The highest BCUT2D eigenvalue weighted by atomic mass is 16.5. The van der Waals surface area contributed by atoms with E-state index in [1.165, 1.54) is 20.3 Å². The number of nitrogens with zero attached hydrogens (tertiary/aromatic N) is 2. The van der Waals surface area contributed by atoms with E-state index in [4.69, 9.17) is 9.47 Å². The fourth-order valence-corrected chi connectivity index (χ4v) is 3.29. The topological polar surface area (TPSA) is 111 Å². The molecule has 0 aliphatic carbocycles. The van der Waals surface area contributed by atoms with Gasteiger partial charge < -0.3 is 19.9 Å². The molecular formula is C23H23N3O5. The average molecular weight is 421 g/mol. The lowest BCUT2D eigenvalue weighted by Crippen LogP contribution is -2.31. The maximum Gasteiger partial charge on any atom is 0.305 e. The number of methoxy groups -OCH3 is 2. The molecule has 0 aliphatic heterocycles. The average Bonchev–Trinajstić information content (AvgIpc) is 2.78. The highest BCUT2D eigenvalue weighted by molar-refractivity contribution is 5.94. The van der Waals surface area contributed by atoms with Gasteiger partial charge in [0.05, 0.1) is 32.2 Å². The quantitative estimate of drug-likeness (QED) is 0.573. The van der Waals surface area contributed by atoms with Gasteiger partial charge in [-0.05, 0) is 42.3 Å². The first kappa shape index (κ1) is 21.8. The number of benzene rings is 1. The Kier molecular flexibility index (Phi) is 6.81. The van der Waals surface area contributed by atoms with Crippen molar-refractivity contribution in [1.82, 2.24) is 15.3 Å². The largest absolute Gasteiger partial charge is 0.494 e. The van der Waals surface area contributed by atoms with Crippen LogP contribution in [0.25, 0.3) is 11.3 Å². The number of aliphatic carboxylic acids is 1. The summed E-state index contributed by atoms with van der Waals surface area (Å²) in [7, 11) is 3.00. The monoisotopic (exact) mass is 421 g/mol. The van der Waals surface area contributed by atoms with Gasteiger partial charge in [-0.15, -0.1) is 0 Å². The second-order valence-corrected chi connectivity index (χ2v) is 6.79. The molecule has 2 aromatic heterocycles. The van der Waals surface area contributed by atoms with E-state index in [1.807, 2.05) is 25.1 Å². The first-order valence-electron chi connectivity index (χ1n) is 9.57. The summed E-state index contributed by atoms with van der Waals surface area (Å²) in [5.74, 6) is -0.725. The molecule has 2 heterocycles. The zero-order valence-electron chi connectivity index (χ0n) is 17.5. The SMILES string of the molecule is COc1ccc(C(=O)N[C@@H](CC(=O)O)c2ccccc2C)nc1-c1cccnc1OC. The number of carbonyl (C=O) groups is 2. The Morgan fingerprint density at radius 3 is 2.52 bits per heavy atom. The summed E-state index contributed by atoms with van der Waals surface area (Å²) >= 11 is 0. The molecule has 1 amide bonds. The highest BCUT2D eigenvalue weighted by Crippen LogP contribution is 2.33. The lowest BCUT2D eigenvalue weighted by Gasteiger charge is -2.19. The predicted octanol–water partition coefficient (Wildman–Crippen LogP) is 3.42. The molecular weight excluding hydrogens is 398 g/mol. The van der Waals surface area contributed by atoms with Gasteiger partial charge >= 0.3 is 5.97 Å². The summed E-state index contributed by atoms with van der Waals surface area (Å²) in [5, 5.41) is 12.1. The van der Waals surface area contributed by atoms with Gasteiger partial charge in [-0.1, -0.05) is 24.3 Å². The summed E-state index contributed by atoms with van der Waals surface area (Å²) in [4.78, 5) is 33.0. The Balaban J connectivity index is 1.97. The Morgan fingerprint density at radius 2 is 1.84 bits per heavy atom. The minimum absolute atomic E-state index is 0.116. The molecule has 0 bridgehead atoms. The van der Waals surface area contributed by atoms with Crippen molar-refractivity contribution in [3.05, 3.63) is 71.5 Å². The van der Waals surface area contributed by atoms with E-state index < -0.39 is 17.9 Å². The number of pyridine rings is 2. The summed E-state index contributed by atoms with van der Waals surface area (Å²) in [6.45, 7) is 1.87. The van der Waals surface area contributed by atoms with Crippen molar-refractivity contribution in [2.24, 2.45) is 0 Å². The van der Waals surface area contributed by atoms with E-state index in [-0.39, 0.29) is 12.1 Å². The smallest absolute Gasteiger partial charge is 0.305 e. The van der Waals surface area contributed by atoms with Gasteiger partial charge in [0, 0.05) is 6.20 Å². The zero-order valence-corrected chi connectivity index (χ0v) is 17.5. The minimum Gasteiger partial charge on any atom is -0.494 e. The van der Waals surface area contributed by atoms with E-state index in [0.29, 0.717) is 22.9 Å². The molecule has 8 heteroatoms. The van der Waals surface area contributed by atoms with Gasteiger partial charge in [0.1, 0.15) is 17.1 Å².